The van der Waals surface area contributed by atoms with Crippen molar-refractivity contribution in [1.82, 2.24) is 10.4 Å². The molecular formula is C20H21N3O5. The molecule has 8 heteroatoms. The van der Waals surface area contributed by atoms with Gasteiger partial charge in [-0.3, -0.25) is 4.79 Å². The van der Waals surface area contributed by atoms with Crippen LogP contribution in [0.4, 0.5) is 0 Å². The Morgan fingerprint density at radius 1 is 0.964 bits per heavy atom. The smallest absolute Gasteiger partial charge is 0.287 e. The number of aromatic amines is 1. The summed E-state index contributed by atoms with van der Waals surface area (Å²) in [7, 11) is 6.19. The number of hydrogen-bond acceptors (Lipinski definition) is 6. The summed E-state index contributed by atoms with van der Waals surface area (Å²) in [4.78, 5) is 15.5. The number of rotatable bonds is 7. The number of hydrazone groups is 1. The standard InChI is InChI=1S/C20H21N3O5/c1-25-13-7-5-12(6-8-13)11-21-23-20(24)16-9-14-15(22-16)10-17(26-2)19(28-4)18(14)27-3/h5-11,22H,1-4H3,(H,23,24)/b21-11+. The fourth-order valence-electron chi connectivity index (χ4n) is 2.79. The summed E-state index contributed by atoms with van der Waals surface area (Å²) < 4.78 is 21.2. The van der Waals surface area contributed by atoms with Crippen molar-refractivity contribution in [3.05, 3.63) is 47.7 Å². The molecule has 0 aliphatic rings. The number of amides is 1. The molecule has 0 fully saturated rings. The van der Waals surface area contributed by atoms with E-state index >= 15 is 0 Å². The lowest BCUT2D eigenvalue weighted by molar-refractivity contribution is 0.0951. The van der Waals surface area contributed by atoms with Crippen LogP contribution in [0.5, 0.6) is 23.0 Å². The van der Waals surface area contributed by atoms with E-state index in [1.807, 2.05) is 24.3 Å². The Balaban J connectivity index is 1.82. The van der Waals surface area contributed by atoms with Gasteiger partial charge >= 0.3 is 0 Å². The Morgan fingerprint density at radius 3 is 2.29 bits per heavy atom. The molecule has 146 valence electrons. The molecule has 2 N–H and O–H groups in total. The van der Waals surface area contributed by atoms with Crippen LogP contribution in [0, 0.1) is 0 Å². The minimum absolute atomic E-state index is 0.329. The molecule has 0 radical (unpaired) electrons. The Kier molecular flexibility index (Phi) is 5.69. The third kappa shape index (κ3) is 3.71. The van der Waals surface area contributed by atoms with Gasteiger partial charge in [-0.05, 0) is 35.9 Å². The summed E-state index contributed by atoms with van der Waals surface area (Å²) in [5.74, 6) is 1.80. The van der Waals surface area contributed by atoms with E-state index in [1.165, 1.54) is 21.3 Å². The maximum absolute atomic E-state index is 12.4. The number of fused-ring (bicyclic) bond motifs is 1. The zero-order valence-corrected chi connectivity index (χ0v) is 16.0. The van der Waals surface area contributed by atoms with Crippen molar-refractivity contribution in [2.45, 2.75) is 0 Å². The van der Waals surface area contributed by atoms with Gasteiger partial charge in [0.05, 0.1) is 40.2 Å². The molecule has 3 aromatic rings. The van der Waals surface area contributed by atoms with Crippen LogP contribution >= 0.6 is 0 Å². The fraction of sp³-hybridized carbons (Fsp3) is 0.200. The summed E-state index contributed by atoms with van der Waals surface area (Å²) in [6, 6.07) is 10.7. The third-order valence-electron chi connectivity index (χ3n) is 4.17. The number of ether oxygens (including phenoxy) is 4. The van der Waals surface area contributed by atoms with Gasteiger partial charge in [-0.15, -0.1) is 0 Å². The van der Waals surface area contributed by atoms with Crippen LogP contribution in [0.15, 0.2) is 41.5 Å². The van der Waals surface area contributed by atoms with E-state index in [2.05, 4.69) is 15.5 Å². The Labute approximate surface area is 162 Å². The molecule has 0 atom stereocenters. The molecule has 0 saturated heterocycles. The summed E-state index contributed by atoms with van der Waals surface area (Å²) in [6.45, 7) is 0. The number of methoxy groups -OCH3 is 4. The first-order valence-corrected chi connectivity index (χ1v) is 8.40. The third-order valence-corrected chi connectivity index (χ3v) is 4.17. The van der Waals surface area contributed by atoms with Crippen molar-refractivity contribution in [2.75, 3.05) is 28.4 Å². The molecule has 1 amide bonds. The minimum atomic E-state index is -0.388. The first-order chi connectivity index (χ1) is 13.6. The highest BCUT2D eigenvalue weighted by Gasteiger charge is 2.19. The van der Waals surface area contributed by atoms with Crippen molar-refractivity contribution in [3.8, 4) is 23.0 Å². The predicted octanol–water partition coefficient (Wildman–Crippen LogP) is 2.97. The van der Waals surface area contributed by atoms with Crippen LogP contribution in [-0.4, -0.2) is 45.5 Å². The minimum Gasteiger partial charge on any atom is -0.497 e. The van der Waals surface area contributed by atoms with Crippen LogP contribution < -0.4 is 24.4 Å². The lowest BCUT2D eigenvalue weighted by Gasteiger charge is -2.12. The van der Waals surface area contributed by atoms with Gasteiger partial charge < -0.3 is 23.9 Å². The average molecular weight is 383 g/mol. The first kappa shape index (κ1) is 19.1. The second-order valence-electron chi connectivity index (χ2n) is 5.76. The van der Waals surface area contributed by atoms with Crippen molar-refractivity contribution < 1.29 is 23.7 Å². The molecule has 0 bridgehead atoms. The number of hydrogen-bond donors (Lipinski definition) is 2. The van der Waals surface area contributed by atoms with Crippen LogP contribution in [-0.2, 0) is 0 Å². The van der Waals surface area contributed by atoms with Gasteiger partial charge in [-0.25, -0.2) is 5.43 Å². The van der Waals surface area contributed by atoms with Crippen LogP contribution in [0.2, 0.25) is 0 Å². The number of carbonyl (C=O) groups excluding carboxylic acids is 1. The molecule has 1 heterocycles. The van der Waals surface area contributed by atoms with E-state index in [1.54, 1.807) is 25.5 Å². The summed E-state index contributed by atoms with van der Waals surface area (Å²) in [6.07, 6.45) is 1.55. The van der Waals surface area contributed by atoms with Gasteiger partial charge in [0, 0.05) is 11.5 Å². The first-order valence-electron chi connectivity index (χ1n) is 8.40. The monoisotopic (exact) mass is 383 g/mol. The van der Waals surface area contributed by atoms with Gasteiger partial charge in [0.2, 0.25) is 5.75 Å². The summed E-state index contributed by atoms with van der Waals surface area (Å²) in [5, 5.41) is 4.69. The highest BCUT2D eigenvalue weighted by atomic mass is 16.5. The lowest BCUT2D eigenvalue weighted by atomic mass is 10.2. The second-order valence-corrected chi connectivity index (χ2v) is 5.76. The summed E-state index contributed by atoms with van der Waals surface area (Å²) >= 11 is 0. The Morgan fingerprint density at radius 2 is 1.68 bits per heavy atom. The molecule has 1 aromatic heterocycles. The number of carbonyl (C=O) groups is 1. The van der Waals surface area contributed by atoms with Gasteiger partial charge in [0.25, 0.3) is 5.91 Å². The number of H-pyrrole nitrogens is 1. The number of aromatic nitrogens is 1. The number of nitrogens with one attached hydrogen (secondary N) is 2. The SMILES string of the molecule is COc1ccc(/C=N/NC(=O)c2cc3c(OC)c(OC)c(OC)cc3[nH]2)cc1. The second kappa shape index (κ2) is 8.34. The van der Waals surface area contributed by atoms with E-state index in [9.17, 15) is 4.79 Å². The highest BCUT2D eigenvalue weighted by Crippen LogP contribution is 2.43. The quantitative estimate of drug-likeness (QED) is 0.483. The zero-order valence-electron chi connectivity index (χ0n) is 16.0. The lowest BCUT2D eigenvalue weighted by Crippen LogP contribution is -2.17. The maximum atomic E-state index is 12.4. The van der Waals surface area contributed by atoms with Crippen LogP contribution in [0.25, 0.3) is 10.9 Å². The summed E-state index contributed by atoms with van der Waals surface area (Å²) in [5.41, 5.74) is 4.33. The average Bonchev–Trinajstić information content (AvgIpc) is 3.16. The number of nitrogens with zero attached hydrogens (tertiary/aromatic N) is 1. The maximum Gasteiger partial charge on any atom is 0.287 e. The number of benzene rings is 2. The van der Waals surface area contributed by atoms with Gasteiger partial charge in [0.1, 0.15) is 11.4 Å². The van der Waals surface area contributed by atoms with Crippen molar-refractivity contribution >= 4 is 23.0 Å². The molecule has 0 saturated carbocycles. The van der Waals surface area contributed by atoms with E-state index in [-0.39, 0.29) is 5.91 Å². The van der Waals surface area contributed by atoms with E-state index < -0.39 is 0 Å². The molecule has 2 aromatic carbocycles. The van der Waals surface area contributed by atoms with Gasteiger partial charge in [-0.2, -0.15) is 5.10 Å². The molecule has 0 aliphatic carbocycles. The van der Waals surface area contributed by atoms with Crippen molar-refractivity contribution in [3.63, 3.8) is 0 Å². The molecule has 0 spiro atoms. The van der Waals surface area contributed by atoms with Crippen molar-refractivity contribution in [2.24, 2.45) is 5.10 Å². The highest BCUT2D eigenvalue weighted by molar-refractivity contribution is 6.01. The molecule has 0 unspecified atom stereocenters. The van der Waals surface area contributed by atoms with Gasteiger partial charge in [-0.1, -0.05) is 0 Å². The van der Waals surface area contributed by atoms with E-state index in [0.717, 1.165) is 11.3 Å². The molecule has 0 aliphatic heterocycles. The molecule has 28 heavy (non-hydrogen) atoms. The zero-order chi connectivity index (χ0) is 20.1. The predicted molar refractivity (Wildman–Crippen MR) is 106 cm³/mol. The van der Waals surface area contributed by atoms with E-state index in [0.29, 0.717) is 33.8 Å². The molecule has 3 rings (SSSR count). The van der Waals surface area contributed by atoms with Crippen LogP contribution in [0.1, 0.15) is 16.1 Å². The van der Waals surface area contributed by atoms with Crippen molar-refractivity contribution in [1.29, 1.82) is 0 Å². The van der Waals surface area contributed by atoms with E-state index in [4.69, 9.17) is 18.9 Å². The van der Waals surface area contributed by atoms with Crippen LogP contribution in [0.3, 0.4) is 0 Å². The fourth-order valence-corrected chi connectivity index (χ4v) is 2.79. The molecular weight excluding hydrogens is 362 g/mol. The normalized spacial score (nSPS) is 10.9. The Hall–Kier alpha value is -3.68. The topological polar surface area (TPSA) is 94.2 Å². The molecule has 8 nitrogen and oxygen atoms in total. The Bertz CT molecular complexity index is 1010. The van der Waals surface area contributed by atoms with Gasteiger partial charge in [0.15, 0.2) is 11.5 Å². The largest absolute Gasteiger partial charge is 0.497 e.